The van der Waals surface area contributed by atoms with Crippen LogP contribution >= 0.6 is 0 Å². The van der Waals surface area contributed by atoms with Crippen molar-refractivity contribution < 1.29 is 13.5 Å². The van der Waals surface area contributed by atoms with Gasteiger partial charge in [0.25, 0.3) is 10.0 Å². The van der Waals surface area contributed by atoms with Gasteiger partial charge in [0, 0.05) is 18.8 Å². The molecule has 0 spiro atoms. The van der Waals surface area contributed by atoms with Gasteiger partial charge in [-0.25, -0.2) is 4.98 Å². The highest BCUT2D eigenvalue weighted by Crippen LogP contribution is 2.18. The molecule has 0 aliphatic heterocycles. The van der Waals surface area contributed by atoms with Crippen molar-refractivity contribution in [1.82, 2.24) is 9.55 Å². The summed E-state index contributed by atoms with van der Waals surface area (Å²) < 4.78 is 28.3. The molecule has 0 amide bonds. The minimum absolute atomic E-state index is 0.0476. The number of hydrogen-bond acceptors (Lipinski definition) is 4. The highest BCUT2D eigenvalue weighted by molar-refractivity contribution is 7.92. The van der Waals surface area contributed by atoms with Crippen LogP contribution in [0.5, 0.6) is 0 Å². The van der Waals surface area contributed by atoms with E-state index >= 15 is 0 Å². The van der Waals surface area contributed by atoms with Gasteiger partial charge in [-0.05, 0) is 24.6 Å². The number of benzene rings is 1. The molecule has 6 nitrogen and oxygen atoms in total. The monoisotopic (exact) mass is 305 g/mol. The van der Waals surface area contributed by atoms with Crippen molar-refractivity contribution in [2.45, 2.75) is 11.9 Å². The minimum atomic E-state index is -3.72. The average Bonchev–Trinajstić information content (AvgIpc) is 2.86. The van der Waals surface area contributed by atoms with E-state index in [2.05, 4.69) is 21.5 Å². The molecule has 0 unspecified atom stereocenters. The van der Waals surface area contributed by atoms with Crippen molar-refractivity contribution in [2.24, 2.45) is 7.05 Å². The molecule has 0 saturated heterocycles. The van der Waals surface area contributed by atoms with E-state index in [1.165, 1.54) is 12.5 Å². The standard InChI is InChI=1S/C14H15N3O3S/c1-11-5-6-13(8-12(11)4-3-7-18)16-21(19,20)14-9-17(2)10-15-14/h5-6,8-10,16,18H,7H2,1-2H3. The summed E-state index contributed by atoms with van der Waals surface area (Å²) in [4.78, 5) is 3.82. The maximum Gasteiger partial charge on any atom is 0.280 e. The zero-order valence-electron chi connectivity index (χ0n) is 11.7. The molecule has 0 aliphatic carbocycles. The number of imidazole rings is 1. The van der Waals surface area contributed by atoms with Gasteiger partial charge in [-0.3, -0.25) is 4.72 Å². The zero-order chi connectivity index (χ0) is 15.5. The molecular weight excluding hydrogens is 290 g/mol. The lowest BCUT2D eigenvalue weighted by atomic mass is 10.1. The molecule has 0 saturated carbocycles. The van der Waals surface area contributed by atoms with Gasteiger partial charge in [0.15, 0.2) is 5.03 Å². The number of sulfonamides is 1. The second-order valence-electron chi connectivity index (χ2n) is 4.47. The van der Waals surface area contributed by atoms with E-state index in [0.29, 0.717) is 11.3 Å². The summed E-state index contributed by atoms with van der Waals surface area (Å²) in [5.74, 6) is 5.32. The second kappa shape index (κ2) is 5.99. The maximum absolute atomic E-state index is 12.2. The molecular formula is C14H15N3O3S. The Labute approximate surface area is 123 Å². The summed E-state index contributed by atoms with van der Waals surface area (Å²) in [5, 5.41) is 8.68. The number of hydrogen-bond donors (Lipinski definition) is 2. The van der Waals surface area contributed by atoms with Crippen molar-refractivity contribution in [3.05, 3.63) is 41.9 Å². The lowest BCUT2D eigenvalue weighted by Gasteiger charge is -2.07. The summed E-state index contributed by atoms with van der Waals surface area (Å²) >= 11 is 0. The summed E-state index contributed by atoms with van der Waals surface area (Å²) in [7, 11) is -2.03. The smallest absolute Gasteiger partial charge is 0.280 e. The van der Waals surface area contributed by atoms with E-state index in [1.54, 1.807) is 29.8 Å². The van der Waals surface area contributed by atoms with Crippen LogP contribution in [0.2, 0.25) is 0 Å². The lowest BCUT2D eigenvalue weighted by Crippen LogP contribution is -2.13. The normalized spacial score (nSPS) is 10.8. The van der Waals surface area contributed by atoms with Crippen LogP contribution < -0.4 is 4.72 Å². The number of aliphatic hydroxyl groups excluding tert-OH is 1. The maximum atomic E-state index is 12.2. The first-order chi connectivity index (χ1) is 9.92. The van der Waals surface area contributed by atoms with E-state index in [1.807, 2.05) is 6.92 Å². The van der Waals surface area contributed by atoms with Crippen LogP contribution in [0.3, 0.4) is 0 Å². The molecule has 2 rings (SSSR count). The molecule has 1 aromatic carbocycles. The number of aliphatic hydroxyl groups is 1. The molecule has 0 fully saturated rings. The van der Waals surface area contributed by atoms with Crippen molar-refractivity contribution in [1.29, 1.82) is 0 Å². The predicted molar refractivity (Wildman–Crippen MR) is 79.2 cm³/mol. The fraction of sp³-hybridized carbons (Fsp3) is 0.214. The van der Waals surface area contributed by atoms with Gasteiger partial charge in [0.05, 0.1) is 12.0 Å². The first-order valence-electron chi connectivity index (χ1n) is 6.13. The van der Waals surface area contributed by atoms with Crippen molar-refractivity contribution in [3.8, 4) is 11.8 Å². The Bertz CT molecular complexity index is 813. The first-order valence-corrected chi connectivity index (χ1v) is 7.62. The Kier molecular flexibility index (Phi) is 4.31. The first kappa shape index (κ1) is 15.1. The number of anilines is 1. The van der Waals surface area contributed by atoms with Crippen LogP contribution in [0.25, 0.3) is 0 Å². The van der Waals surface area contributed by atoms with Crippen LogP contribution in [-0.4, -0.2) is 29.7 Å². The van der Waals surface area contributed by atoms with Gasteiger partial charge < -0.3 is 9.67 Å². The molecule has 110 valence electrons. The number of aryl methyl sites for hydroxylation is 2. The molecule has 0 radical (unpaired) electrons. The molecule has 1 heterocycles. The second-order valence-corrected chi connectivity index (χ2v) is 6.10. The molecule has 2 N–H and O–H groups in total. The molecule has 0 aliphatic rings. The van der Waals surface area contributed by atoms with E-state index in [-0.39, 0.29) is 11.6 Å². The summed E-state index contributed by atoms with van der Waals surface area (Å²) in [6.07, 6.45) is 2.84. The van der Waals surface area contributed by atoms with Gasteiger partial charge in [0.2, 0.25) is 0 Å². The number of rotatable bonds is 3. The van der Waals surface area contributed by atoms with Crippen LogP contribution in [0.15, 0.2) is 35.7 Å². The van der Waals surface area contributed by atoms with Crippen LogP contribution in [0, 0.1) is 18.8 Å². The average molecular weight is 305 g/mol. The van der Waals surface area contributed by atoms with Gasteiger partial charge in [0.1, 0.15) is 6.61 Å². The van der Waals surface area contributed by atoms with Gasteiger partial charge in [-0.2, -0.15) is 8.42 Å². The molecule has 21 heavy (non-hydrogen) atoms. The summed E-state index contributed by atoms with van der Waals surface area (Å²) in [5.41, 5.74) is 1.95. The Balaban J connectivity index is 2.31. The van der Waals surface area contributed by atoms with Crippen molar-refractivity contribution >= 4 is 15.7 Å². The minimum Gasteiger partial charge on any atom is -0.384 e. The Morgan fingerprint density at radius 2 is 2.19 bits per heavy atom. The van der Waals surface area contributed by atoms with Crippen molar-refractivity contribution in [2.75, 3.05) is 11.3 Å². The van der Waals surface area contributed by atoms with Crippen molar-refractivity contribution in [3.63, 3.8) is 0 Å². The summed E-state index contributed by atoms with van der Waals surface area (Å²) in [6, 6.07) is 5.04. The topological polar surface area (TPSA) is 84.2 Å². The summed E-state index contributed by atoms with van der Waals surface area (Å²) in [6.45, 7) is 1.61. The highest BCUT2D eigenvalue weighted by atomic mass is 32.2. The van der Waals surface area contributed by atoms with E-state index in [9.17, 15) is 8.42 Å². The van der Waals surface area contributed by atoms with E-state index < -0.39 is 10.0 Å². The zero-order valence-corrected chi connectivity index (χ0v) is 12.5. The van der Waals surface area contributed by atoms with Gasteiger partial charge >= 0.3 is 0 Å². The van der Waals surface area contributed by atoms with Crippen LogP contribution in [-0.2, 0) is 17.1 Å². The molecule has 1 aromatic heterocycles. The van der Waals surface area contributed by atoms with Crippen LogP contribution in [0.1, 0.15) is 11.1 Å². The fourth-order valence-electron chi connectivity index (χ4n) is 1.69. The third kappa shape index (κ3) is 3.62. The highest BCUT2D eigenvalue weighted by Gasteiger charge is 2.17. The lowest BCUT2D eigenvalue weighted by molar-refractivity contribution is 0.350. The van der Waals surface area contributed by atoms with Crippen LogP contribution in [0.4, 0.5) is 5.69 Å². The fourth-order valence-corrected chi connectivity index (χ4v) is 2.72. The molecule has 2 aromatic rings. The SMILES string of the molecule is Cc1ccc(NS(=O)(=O)c2cn(C)cn2)cc1C#CCO. The number of nitrogens with zero attached hydrogens (tertiary/aromatic N) is 2. The Morgan fingerprint density at radius 3 is 2.81 bits per heavy atom. The largest absolute Gasteiger partial charge is 0.384 e. The number of aromatic nitrogens is 2. The van der Waals surface area contributed by atoms with Gasteiger partial charge in [-0.1, -0.05) is 17.9 Å². The predicted octanol–water partition coefficient (Wildman–Crippen LogP) is 0.873. The third-order valence-corrected chi connectivity index (χ3v) is 4.01. The molecule has 7 heteroatoms. The number of nitrogens with one attached hydrogen (secondary N) is 1. The quantitative estimate of drug-likeness (QED) is 0.824. The third-order valence-electron chi connectivity index (χ3n) is 2.75. The molecule has 0 atom stereocenters. The van der Waals surface area contributed by atoms with E-state index in [0.717, 1.165) is 5.56 Å². The molecule has 0 bridgehead atoms. The Morgan fingerprint density at radius 1 is 1.43 bits per heavy atom. The Hall–Kier alpha value is -2.30. The van der Waals surface area contributed by atoms with E-state index in [4.69, 9.17) is 5.11 Å². The van der Waals surface area contributed by atoms with Gasteiger partial charge in [-0.15, -0.1) is 0 Å².